The molecule has 0 atom stereocenters. The minimum Gasteiger partial charge on any atom is -0.487 e. The summed E-state index contributed by atoms with van der Waals surface area (Å²) in [6.45, 7) is -0.627. The SMILES string of the molecule is OCCc1ccccc1OCC(F)F. The number of hydrogen-bond donors (Lipinski definition) is 1. The quantitative estimate of drug-likeness (QED) is 0.789. The Kier molecular flexibility index (Phi) is 4.32. The Hall–Kier alpha value is -1.16. The van der Waals surface area contributed by atoms with Gasteiger partial charge in [0.15, 0.2) is 0 Å². The van der Waals surface area contributed by atoms with E-state index in [0.29, 0.717) is 12.2 Å². The number of para-hydroxylation sites is 1. The number of benzene rings is 1. The number of ether oxygens (including phenoxy) is 1. The van der Waals surface area contributed by atoms with Crippen molar-refractivity contribution in [2.75, 3.05) is 13.2 Å². The molecule has 1 aromatic carbocycles. The summed E-state index contributed by atoms with van der Waals surface area (Å²) in [6, 6.07) is 6.85. The van der Waals surface area contributed by atoms with E-state index >= 15 is 0 Å². The molecule has 4 heteroatoms. The van der Waals surface area contributed by atoms with Crippen molar-refractivity contribution in [3.8, 4) is 5.75 Å². The van der Waals surface area contributed by atoms with Crippen LogP contribution in [-0.2, 0) is 6.42 Å². The number of halogens is 2. The molecule has 0 amide bonds. The summed E-state index contributed by atoms with van der Waals surface area (Å²) in [7, 11) is 0. The molecule has 2 nitrogen and oxygen atoms in total. The number of aliphatic hydroxyl groups excluding tert-OH is 1. The molecule has 0 radical (unpaired) electrons. The molecule has 0 fully saturated rings. The van der Waals surface area contributed by atoms with Crippen molar-refractivity contribution < 1.29 is 18.6 Å². The van der Waals surface area contributed by atoms with Gasteiger partial charge in [0.25, 0.3) is 6.43 Å². The third kappa shape index (κ3) is 3.30. The van der Waals surface area contributed by atoms with E-state index in [1.165, 1.54) is 0 Å². The van der Waals surface area contributed by atoms with Crippen LogP contribution < -0.4 is 4.74 Å². The number of alkyl halides is 2. The van der Waals surface area contributed by atoms with Gasteiger partial charge in [-0.15, -0.1) is 0 Å². The predicted octanol–water partition coefficient (Wildman–Crippen LogP) is 1.87. The summed E-state index contributed by atoms with van der Waals surface area (Å²) in [5.74, 6) is 0.418. The number of aliphatic hydroxyl groups is 1. The fourth-order valence-electron chi connectivity index (χ4n) is 1.12. The Morgan fingerprint density at radius 2 is 2.00 bits per heavy atom. The highest BCUT2D eigenvalue weighted by atomic mass is 19.3. The number of hydrogen-bond acceptors (Lipinski definition) is 2. The lowest BCUT2D eigenvalue weighted by Crippen LogP contribution is -2.08. The molecule has 0 bridgehead atoms. The molecule has 1 N–H and O–H groups in total. The van der Waals surface area contributed by atoms with Crippen molar-refractivity contribution in [1.82, 2.24) is 0 Å². The second kappa shape index (κ2) is 5.54. The summed E-state index contributed by atoms with van der Waals surface area (Å²) < 4.78 is 28.6. The Morgan fingerprint density at radius 3 is 2.64 bits per heavy atom. The van der Waals surface area contributed by atoms with Gasteiger partial charge in [0.2, 0.25) is 0 Å². The molecule has 78 valence electrons. The van der Waals surface area contributed by atoms with Gasteiger partial charge in [-0.1, -0.05) is 18.2 Å². The van der Waals surface area contributed by atoms with Crippen LogP contribution in [-0.4, -0.2) is 24.7 Å². The zero-order valence-corrected chi connectivity index (χ0v) is 7.62. The Morgan fingerprint density at radius 1 is 1.29 bits per heavy atom. The van der Waals surface area contributed by atoms with Crippen LogP contribution in [0.25, 0.3) is 0 Å². The van der Waals surface area contributed by atoms with Crippen molar-refractivity contribution in [3.05, 3.63) is 29.8 Å². The van der Waals surface area contributed by atoms with Crippen molar-refractivity contribution in [1.29, 1.82) is 0 Å². The number of rotatable bonds is 5. The van der Waals surface area contributed by atoms with Gasteiger partial charge in [0.05, 0.1) is 0 Å². The summed E-state index contributed by atoms with van der Waals surface area (Å²) in [5.41, 5.74) is 0.746. The normalized spacial score (nSPS) is 10.6. The molecular formula is C10H12F2O2. The Labute approximate surface area is 81.1 Å². The van der Waals surface area contributed by atoms with Gasteiger partial charge in [0.1, 0.15) is 12.4 Å². The molecule has 0 aromatic heterocycles. The minimum atomic E-state index is -2.47. The third-order valence-corrected chi connectivity index (χ3v) is 1.72. The van der Waals surface area contributed by atoms with Crippen LogP contribution in [0.5, 0.6) is 5.75 Å². The molecular weight excluding hydrogens is 190 g/mol. The smallest absolute Gasteiger partial charge is 0.272 e. The van der Waals surface area contributed by atoms with Crippen LogP contribution in [0.4, 0.5) is 8.78 Å². The summed E-state index contributed by atoms with van der Waals surface area (Å²) in [4.78, 5) is 0. The van der Waals surface area contributed by atoms with Crippen LogP contribution in [0.3, 0.4) is 0 Å². The van der Waals surface area contributed by atoms with E-state index in [1.54, 1.807) is 24.3 Å². The summed E-state index contributed by atoms with van der Waals surface area (Å²) in [5, 5.41) is 8.72. The van der Waals surface area contributed by atoms with Gasteiger partial charge in [-0.25, -0.2) is 8.78 Å². The van der Waals surface area contributed by atoms with E-state index in [9.17, 15) is 8.78 Å². The van der Waals surface area contributed by atoms with E-state index in [2.05, 4.69) is 0 Å². The van der Waals surface area contributed by atoms with Crippen LogP contribution in [0, 0.1) is 0 Å². The topological polar surface area (TPSA) is 29.5 Å². The van der Waals surface area contributed by atoms with Gasteiger partial charge < -0.3 is 9.84 Å². The van der Waals surface area contributed by atoms with Crippen LogP contribution in [0.15, 0.2) is 24.3 Å². The maximum atomic E-state index is 11.9. The highest BCUT2D eigenvalue weighted by Crippen LogP contribution is 2.18. The lowest BCUT2D eigenvalue weighted by molar-refractivity contribution is 0.0813. The molecule has 0 saturated heterocycles. The first-order chi connectivity index (χ1) is 6.74. The van der Waals surface area contributed by atoms with Gasteiger partial charge in [-0.05, 0) is 18.1 Å². The van der Waals surface area contributed by atoms with Crippen LogP contribution >= 0.6 is 0 Å². The largest absolute Gasteiger partial charge is 0.487 e. The molecule has 0 spiro atoms. The van der Waals surface area contributed by atoms with E-state index in [4.69, 9.17) is 9.84 Å². The van der Waals surface area contributed by atoms with Crippen molar-refractivity contribution in [2.24, 2.45) is 0 Å². The molecule has 0 aliphatic heterocycles. The second-order valence-electron chi connectivity index (χ2n) is 2.78. The first kappa shape index (κ1) is 10.9. The van der Waals surface area contributed by atoms with Gasteiger partial charge >= 0.3 is 0 Å². The molecule has 0 unspecified atom stereocenters. The van der Waals surface area contributed by atoms with E-state index < -0.39 is 13.0 Å². The monoisotopic (exact) mass is 202 g/mol. The lowest BCUT2D eigenvalue weighted by atomic mass is 10.1. The van der Waals surface area contributed by atoms with Crippen LogP contribution in [0.1, 0.15) is 5.56 Å². The lowest BCUT2D eigenvalue weighted by Gasteiger charge is -2.09. The van der Waals surface area contributed by atoms with Gasteiger partial charge in [0, 0.05) is 6.61 Å². The molecule has 0 saturated carbocycles. The molecule has 1 rings (SSSR count). The first-order valence-electron chi connectivity index (χ1n) is 4.33. The fraction of sp³-hybridized carbons (Fsp3) is 0.400. The highest BCUT2D eigenvalue weighted by Gasteiger charge is 2.06. The van der Waals surface area contributed by atoms with Crippen molar-refractivity contribution >= 4 is 0 Å². The summed E-state index contributed by atoms with van der Waals surface area (Å²) in [6.07, 6.45) is -2.06. The minimum absolute atomic E-state index is 0.0188. The van der Waals surface area contributed by atoms with Crippen LogP contribution in [0.2, 0.25) is 0 Å². The average Bonchev–Trinajstić information content (AvgIpc) is 2.17. The standard InChI is InChI=1S/C10H12F2O2/c11-10(12)7-14-9-4-2-1-3-8(9)5-6-13/h1-4,10,13H,5-7H2. The summed E-state index contributed by atoms with van der Waals surface area (Å²) >= 11 is 0. The Bertz CT molecular complexity index is 277. The van der Waals surface area contributed by atoms with E-state index in [0.717, 1.165) is 5.56 Å². The maximum Gasteiger partial charge on any atom is 0.272 e. The van der Waals surface area contributed by atoms with Crippen molar-refractivity contribution in [3.63, 3.8) is 0 Å². The molecule has 0 heterocycles. The maximum absolute atomic E-state index is 11.9. The first-order valence-corrected chi connectivity index (χ1v) is 4.33. The second-order valence-corrected chi connectivity index (χ2v) is 2.78. The zero-order valence-electron chi connectivity index (χ0n) is 7.62. The molecule has 14 heavy (non-hydrogen) atoms. The van der Waals surface area contributed by atoms with E-state index in [1.807, 2.05) is 0 Å². The molecule has 0 aliphatic rings. The fourth-order valence-corrected chi connectivity index (χ4v) is 1.12. The van der Waals surface area contributed by atoms with E-state index in [-0.39, 0.29) is 6.61 Å². The zero-order chi connectivity index (χ0) is 10.4. The Balaban J connectivity index is 2.64. The third-order valence-electron chi connectivity index (χ3n) is 1.72. The molecule has 1 aromatic rings. The highest BCUT2D eigenvalue weighted by molar-refractivity contribution is 5.33. The van der Waals surface area contributed by atoms with Crippen molar-refractivity contribution in [2.45, 2.75) is 12.8 Å². The van der Waals surface area contributed by atoms with Gasteiger partial charge in [-0.3, -0.25) is 0 Å². The predicted molar refractivity (Wildman–Crippen MR) is 48.7 cm³/mol. The molecule has 0 aliphatic carbocycles. The van der Waals surface area contributed by atoms with Gasteiger partial charge in [-0.2, -0.15) is 0 Å². The average molecular weight is 202 g/mol.